The number of allylic oxidation sites excluding steroid dienone is 6. The van der Waals surface area contributed by atoms with Gasteiger partial charge < -0.3 is 19.3 Å². The van der Waals surface area contributed by atoms with Crippen molar-refractivity contribution in [3.8, 4) is 0 Å². The molecular weight excluding hydrogens is 651 g/mol. The minimum Gasteiger partial charge on any atom is -0.462 e. The summed E-state index contributed by atoms with van der Waals surface area (Å²) in [5, 5.41) is 0. The molecule has 0 aliphatic heterocycles. The van der Waals surface area contributed by atoms with E-state index in [1.54, 1.807) is 0 Å². The number of esters is 2. The Bertz CT molecular complexity index is 910. The Labute approximate surface area is 306 Å². The van der Waals surface area contributed by atoms with Crippen LogP contribution < -0.4 is 0 Å². The molecule has 0 radical (unpaired) electrons. The average Bonchev–Trinajstić information content (AvgIpc) is 3.08. The van der Waals surface area contributed by atoms with Crippen molar-refractivity contribution in [1.82, 2.24) is 0 Å². The van der Waals surface area contributed by atoms with Gasteiger partial charge in [-0.3, -0.25) is 14.1 Å². The molecule has 0 amide bonds. The largest absolute Gasteiger partial charge is 0.469 e. The Morgan fingerprint density at radius 2 is 0.920 bits per heavy atom. The van der Waals surface area contributed by atoms with Crippen molar-refractivity contribution in [3.05, 3.63) is 36.5 Å². The van der Waals surface area contributed by atoms with Crippen molar-refractivity contribution >= 4 is 19.8 Å². The minimum absolute atomic E-state index is 0.142. The third kappa shape index (κ3) is 39.1. The van der Waals surface area contributed by atoms with Crippen LogP contribution >= 0.6 is 7.82 Å². The number of carbonyl (C=O) groups excluding carboxylic acids is 2. The van der Waals surface area contributed by atoms with Crippen LogP contribution in [0.25, 0.3) is 0 Å². The fraction of sp³-hybridized carbons (Fsp3) is 0.805. The second-order valence-electron chi connectivity index (χ2n) is 13.6. The summed E-state index contributed by atoms with van der Waals surface area (Å²) in [7, 11) is -4.76. The van der Waals surface area contributed by atoms with E-state index in [1.165, 1.54) is 116 Å². The van der Waals surface area contributed by atoms with Crippen molar-refractivity contribution in [3.63, 3.8) is 0 Å². The highest BCUT2D eigenvalue weighted by Crippen LogP contribution is 2.36. The number of phosphoric ester groups is 1. The van der Waals surface area contributed by atoms with Gasteiger partial charge in [-0.2, -0.15) is 0 Å². The molecule has 1 atom stereocenters. The summed E-state index contributed by atoms with van der Waals surface area (Å²) < 4.78 is 26.3. The van der Waals surface area contributed by atoms with Crippen LogP contribution in [0.15, 0.2) is 36.5 Å². The number of ether oxygens (including phenoxy) is 2. The van der Waals surface area contributed by atoms with Gasteiger partial charge in [0, 0.05) is 12.8 Å². The molecule has 8 nitrogen and oxygen atoms in total. The molecular formula is C41H75O8P. The SMILES string of the molecule is CCCCCCCC/C=C/C/C=C/C/C=C/CCCC(=O)O[C@H](COC(=O)CCCCCCCCCCCCCCCCC)COP(=O)(O)O. The smallest absolute Gasteiger partial charge is 0.462 e. The van der Waals surface area contributed by atoms with Gasteiger partial charge in [0.25, 0.3) is 0 Å². The van der Waals surface area contributed by atoms with Gasteiger partial charge >= 0.3 is 19.8 Å². The van der Waals surface area contributed by atoms with E-state index in [0.29, 0.717) is 12.8 Å². The Balaban J connectivity index is 4.01. The first kappa shape index (κ1) is 48.3. The van der Waals surface area contributed by atoms with Gasteiger partial charge in [0.2, 0.25) is 0 Å². The Morgan fingerprint density at radius 1 is 0.520 bits per heavy atom. The van der Waals surface area contributed by atoms with E-state index in [0.717, 1.165) is 38.5 Å². The fourth-order valence-corrected chi connectivity index (χ4v) is 5.98. The lowest BCUT2D eigenvalue weighted by molar-refractivity contribution is -0.161. The Hall–Kier alpha value is -1.73. The maximum Gasteiger partial charge on any atom is 0.469 e. The van der Waals surface area contributed by atoms with E-state index in [2.05, 4.69) is 48.8 Å². The molecule has 0 aliphatic rings. The van der Waals surface area contributed by atoms with Crippen LogP contribution in [0.3, 0.4) is 0 Å². The topological polar surface area (TPSA) is 119 Å². The van der Waals surface area contributed by atoms with Crippen molar-refractivity contribution in [2.24, 2.45) is 0 Å². The lowest BCUT2D eigenvalue weighted by Gasteiger charge is -2.18. The molecule has 0 saturated heterocycles. The number of hydrogen-bond acceptors (Lipinski definition) is 6. The van der Waals surface area contributed by atoms with Crippen LogP contribution in [0.5, 0.6) is 0 Å². The third-order valence-electron chi connectivity index (χ3n) is 8.66. The summed E-state index contributed by atoms with van der Waals surface area (Å²) in [6, 6.07) is 0. The lowest BCUT2D eigenvalue weighted by Crippen LogP contribution is -2.29. The summed E-state index contributed by atoms with van der Waals surface area (Å²) >= 11 is 0. The molecule has 0 spiro atoms. The predicted octanol–water partition coefficient (Wildman–Crippen LogP) is 12.2. The third-order valence-corrected chi connectivity index (χ3v) is 9.15. The summed E-state index contributed by atoms with van der Waals surface area (Å²) in [5.74, 6) is -0.941. The molecule has 2 N–H and O–H groups in total. The zero-order valence-corrected chi connectivity index (χ0v) is 32.9. The first-order valence-corrected chi connectivity index (χ1v) is 21.8. The van der Waals surface area contributed by atoms with Crippen LogP contribution in [-0.2, 0) is 28.2 Å². The molecule has 292 valence electrons. The molecule has 0 aromatic carbocycles. The van der Waals surface area contributed by atoms with E-state index >= 15 is 0 Å². The molecule has 0 aromatic rings. The maximum atomic E-state index is 12.4. The molecule has 0 aliphatic carbocycles. The van der Waals surface area contributed by atoms with Gasteiger partial charge in [-0.25, -0.2) is 4.57 Å². The lowest BCUT2D eigenvalue weighted by atomic mass is 10.0. The van der Waals surface area contributed by atoms with Crippen LogP contribution in [0.1, 0.15) is 194 Å². The van der Waals surface area contributed by atoms with E-state index < -0.39 is 32.5 Å². The van der Waals surface area contributed by atoms with Gasteiger partial charge in [-0.05, 0) is 44.9 Å². The van der Waals surface area contributed by atoms with E-state index in [4.69, 9.17) is 19.3 Å². The summed E-state index contributed by atoms with van der Waals surface area (Å²) in [6.45, 7) is 3.64. The molecule has 0 fully saturated rings. The molecule has 0 bridgehead atoms. The highest BCUT2D eigenvalue weighted by atomic mass is 31.2. The van der Waals surface area contributed by atoms with Crippen molar-refractivity contribution in [2.45, 2.75) is 200 Å². The quantitative estimate of drug-likeness (QED) is 0.0281. The van der Waals surface area contributed by atoms with Crippen molar-refractivity contribution in [1.29, 1.82) is 0 Å². The highest BCUT2D eigenvalue weighted by Gasteiger charge is 2.22. The van der Waals surface area contributed by atoms with E-state index in [-0.39, 0.29) is 19.4 Å². The first-order valence-electron chi connectivity index (χ1n) is 20.3. The fourth-order valence-electron chi connectivity index (χ4n) is 5.62. The Kier molecular flexibility index (Phi) is 35.8. The summed E-state index contributed by atoms with van der Waals surface area (Å²) in [5.41, 5.74) is 0. The molecule has 9 heteroatoms. The molecule has 0 saturated carbocycles. The first-order chi connectivity index (χ1) is 24.3. The van der Waals surface area contributed by atoms with Crippen LogP contribution in [-0.4, -0.2) is 41.0 Å². The number of hydrogen-bond donors (Lipinski definition) is 2. The second-order valence-corrected chi connectivity index (χ2v) is 14.9. The molecule has 0 aromatic heterocycles. The molecule has 0 heterocycles. The average molecular weight is 727 g/mol. The molecule has 0 unspecified atom stereocenters. The number of carbonyl (C=O) groups is 2. The monoisotopic (exact) mass is 727 g/mol. The summed E-state index contributed by atoms with van der Waals surface area (Å²) in [4.78, 5) is 42.7. The zero-order valence-electron chi connectivity index (χ0n) is 32.0. The Morgan fingerprint density at radius 3 is 1.40 bits per heavy atom. The van der Waals surface area contributed by atoms with Gasteiger partial charge in [0.15, 0.2) is 6.10 Å². The van der Waals surface area contributed by atoms with E-state index in [1.807, 2.05) is 6.08 Å². The van der Waals surface area contributed by atoms with Crippen LogP contribution in [0, 0.1) is 0 Å². The minimum atomic E-state index is -4.76. The molecule has 50 heavy (non-hydrogen) atoms. The predicted molar refractivity (Wildman–Crippen MR) is 207 cm³/mol. The van der Waals surface area contributed by atoms with Crippen molar-refractivity contribution < 1.29 is 37.9 Å². The van der Waals surface area contributed by atoms with Crippen LogP contribution in [0.4, 0.5) is 0 Å². The van der Waals surface area contributed by atoms with Crippen LogP contribution in [0.2, 0.25) is 0 Å². The highest BCUT2D eigenvalue weighted by molar-refractivity contribution is 7.46. The molecule has 0 rings (SSSR count). The standard InChI is InChI=1S/C41H75O8P/c1-3-5-7-9-11-13-15-17-19-20-22-24-26-28-30-32-34-36-41(43)49-39(38-48-50(44,45)46)37-47-40(42)35-33-31-29-27-25-23-21-18-16-14-12-10-8-6-4-2/h17,19,22,24,28,30,39H,3-16,18,20-21,23,25-27,29,31-38H2,1-2H3,(H2,44,45,46)/b19-17+,24-22+,30-28+/t39-/m1/s1. The number of rotatable bonds is 37. The number of phosphoric acid groups is 1. The van der Waals surface area contributed by atoms with Gasteiger partial charge in [-0.1, -0.05) is 172 Å². The second kappa shape index (κ2) is 37.0. The maximum absolute atomic E-state index is 12.4. The van der Waals surface area contributed by atoms with Gasteiger partial charge in [0.1, 0.15) is 6.61 Å². The van der Waals surface area contributed by atoms with E-state index in [9.17, 15) is 14.2 Å². The van der Waals surface area contributed by atoms with Gasteiger partial charge in [-0.15, -0.1) is 0 Å². The van der Waals surface area contributed by atoms with Gasteiger partial charge in [0.05, 0.1) is 6.61 Å². The summed E-state index contributed by atoms with van der Waals surface area (Å²) in [6.07, 6.45) is 43.0. The zero-order chi connectivity index (χ0) is 36.8. The van der Waals surface area contributed by atoms with Crippen molar-refractivity contribution in [2.75, 3.05) is 13.2 Å². The normalized spacial score (nSPS) is 12.8. The number of unbranched alkanes of at least 4 members (excludes halogenated alkanes) is 21.